The number of nitrogens with two attached hydrogens (primary N) is 1. The van der Waals surface area contributed by atoms with Gasteiger partial charge in [0, 0.05) is 12.7 Å². The predicted molar refractivity (Wildman–Crippen MR) is 71.7 cm³/mol. The molecule has 0 spiro atoms. The monoisotopic (exact) mass is 269 g/mol. The summed E-state index contributed by atoms with van der Waals surface area (Å²) in [4.78, 5) is 10.3. The number of ether oxygens (including phenoxy) is 2. The molecule has 19 heavy (non-hydrogen) atoms. The Morgan fingerprint density at radius 1 is 1.32 bits per heavy atom. The molecule has 0 unspecified atom stereocenters. The third-order valence-electron chi connectivity index (χ3n) is 2.40. The third-order valence-corrected chi connectivity index (χ3v) is 2.40. The fourth-order valence-corrected chi connectivity index (χ4v) is 1.49. The second-order valence-electron chi connectivity index (χ2n) is 3.92. The molecule has 3 N–H and O–H groups in total. The minimum atomic E-state index is -0.483. The molecule has 0 saturated carbocycles. The number of hydrazine groups is 1. The minimum absolute atomic E-state index is 0.0640. The quantitative estimate of drug-likeness (QED) is 0.307. The van der Waals surface area contributed by atoms with E-state index in [0.717, 1.165) is 12.0 Å². The summed E-state index contributed by atoms with van der Waals surface area (Å²) in [5.74, 6) is 5.20. The fourth-order valence-electron chi connectivity index (χ4n) is 1.49. The number of hydrogen-bond donors (Lipinski definition) is 2. The predicted octanol–water partition coefficient (Wildman–Crippen LogP) is 1.82. The summed E-state index contributed by atoms with van der Waals surface area (Å²) in [6.07, 6.45) is 0.972. The number of hydrogen-bond acceptors (Lipinski definition) is 6. The van der Waals surface area contributed by atoms with Crippen molar-refractivity contribution in [2.75, 3.05) is 25.2 Å². The molecule has 0 aromatic heterocycles. The van der Waals surface area contributed by atoms with Crippen LogP contribution in [0.3, 0.4) is 0 Å². The van der Waals surface area contributed by atoms with Crippen molar-refractivity contribution in [2.24, 2.45) is 5.84 Å². The Morgan fingerprint density at radius 2 is 2.05 bits per heavy atom. The van der Waals surface area contributed by atoms with Gasteiger partial charge in [-0.15, -0.1) is 0 Å². The van der Waals surface area contributed by atoms with Crippen molar-refractivity contribution in [3.63, 3.8) is 0 Å². The Morgan fingerprint density at radius 3 is 2.68 bits per heavy atom. The average Bonchev–Trinajstić information content (AvgIpc) is 2.42. The van der Waals surface area contributed by atoms with E-state index in [2.05, 4.69) is 5.43 Å². The van der Waals surface area contributed by atoms with Gasteiger partial charge in [0.1, 0.15) is 5.69 Å². The molecule has 0 atom stereocenters. The van der Waals surface area contributed by atoms with Crippen LogP contribution in [0.25, 0.3) is 0 Å². The lowest BCUT2D eigenvalue weighted by Gasteiger charge is -2.07. The van der Waals surface area contributed by atoms with Crippen LogP contribution in [0, 0.1) is 10.1 Å². The zero-order valence-electron chi connectivity index (χ0n) is 10.9. The normalized spacial score (nSPS) is 10.4. The van der Waals surface area contributed by atoms with E-state index in [0.29, 0.717) is 26.4 Å². The molecule has 106 valence electrons. The summed E-state index contributed by atoms with van der Waals surface area (Å²) in [6.45, 7) is 4.04. The first-order chi connectivity index (χ1) is 9.19. The van der Waals surface area contributed by atoms with Gasteiger partial charge in [0.25, 0.3) is 5.69 Å². The van der Waals surface area contributed by atoms with Gasteiger partial charge < -0.3 is 14.9 Å². The standard InChI is InChI=1S/C12H19N3O4/c1-2-5-18-6-7-19-9-10-3-4-11(14-13)12(8-10)15(16)17/h3-4,8,14H,2,5-7,9,13H2,1H3. The number of anilines is 1. The maximum atomic E-state index is 10.8. The van der Waals surface area contributed by atoms with Crippen LogP contribution >= 0.6 is 0 Å². The lowest BCUT2D eigenvalue weighted by atomic mass is 10.2. The highest BCUT2D eigenvalue weighted by atomic mass is 16.6. The Bertz CT molecular complexity index is 412. The molecule has 0 aliphatic rings. The number of nitrogen functional groups attached to an aromatic ring is 1. The van der Waals surface area contributed by atoms with Crippen LogP contribution in [-0.4, -0.2) is 24.7 Å². The number of nitro groups is 1. The molecule has 1 rings (SSSR count). The fraction of sp³-hybridized carbons (Fsp3) is 0.500. The molecule has 7 nitrogen and oxygen atoms in total. The van der Waals surface area contributed by atoms with Gasteiger partial charge in [-0.05, 0) is 18.1 Å². The van der Waals surface area contributed by atoms with Crippen molar-refractivity contribution >= 4 is 11.4 Å². The molecule has 0 aliphatic heterocycles. The first kappa shape index (κ1) is 15.4. The zero-order chi connectivity index (χ0) is 14.1. The van der Waals surface area contributed by atoms with E-state index in [9.17, 15) is 10.1 Å². The summed E-state index contributed by atoms with van der Waals surface area (Å²) in [7, 11) is 0. The highest BCUT2D eigenvalue weighted by molar-refractivity contribution is 5.61. The Hall–Kier alpha value is -1.70. The van der Waals surface area contributed by atoms with E-state index < -0.39 is 4.92 Å². The van der Waals surface area contributed by atoms with E-state index in [1.54, 1.807) is 12.1 Å². The zero-order valence-corrected chi connectivity index (χ0v) is 10.9. The molecule has 0 amide bonds. The van der Waals surface area contributed by atoms with Crippen molar-refractivity contribution in [3.05, 3.63) is 33.9 Å². The molecule has 1 aromatic rings. The summed E-state index contributed by atoms with van der Waals surface area (Å²) in [5.41, 5.74) is 3.23. The second kappa shape index (κ2) is 8.41. The summed E-state index contributed by atoms with van der Waals surface area (Å²) in [6, 6.07) is 4.74. The topological polar surface area (TPSA) is 99.7 Å². The van der Waals surface area contributed by atoms with E-state index in [1.807, 2.05) is 6.92 Å². The van der Waals surface area contributed by atoms with Crippen LogP contribution in [0.15, 0.2) is 18.2 Å². The first-order valence-electron chi connectivity index (χ1n) is 6.08. The Labute approximate surface area is 111 Å². The van der Waals surface area contributed by atoms with Crippen LogP contribution in [0.2, 0.25) is 0 Å². The number of nitrogens with zero attached hydrogens (tertiary/aromatic N) is 1. The van der Waals surface area contributed by atoms with Crippen molar-refractivity contribution in [1.29, 1.82) is 0 Å². The molecule has 0 radical (unpaired) electrons. The molecule has 0 aliphatic carbocycles. The Balaban J connectivity index is 2.46. The van der Waals surface area contributed by atoms with Gasteiger partial charge in [-0.2, -0.15) is 0 Å². The summed E-state index contributed by atoms with van der Waals surface area (Å²) in [5, 5.41) is 10.8. The molecule has 0 heterocycles. The summed E-state index contributed by atoms with van der Waals surface area (Å²) >= 11 is 0. The number of benzene rings is 1. The smallest absolute Gasteiger partial charge is 0.294 e. The minimum Gasteiger partial charge on any atom is -0.379 e. The molecular weight excluding hydrogens is 250 g/mol. The highest BCUT2D eigenvalue weighted by Crippen LogP contribution is 2.24. The van der Waals surface area contributed by atoms with E-state index in [-0.39, 0.29) is 11.4 Å². The maximum absolute atomic E-state index is 10.8. The van der Waals surface area contributed by atoms with Crippen LogP contribution in [-0.2, 0) is 16.1 Å². The second-order valence-corrected chi connectivity index (χ2v) is 3.92. The molecule has 0 bridgehead atoms. The Kier molecular flexibility index (Phi) is 6.80. The molecule has 1 aromatic carbocycles. The van der Waals surface area contributed by atoms with Crippen molar-refractivity contribution in [3.8, 4) is 0 Å². The van der Waals surface area contributed by atoms with Gasteiger partial charge in [-0.1, -0.05) is 13.0 Å². The van der Waals surface area contributed by atoms with Crippen molar-refractivity contribution in [2.45, 2.75) is 20.0 Å². The van der Waals surface area contributed by atoms with Gasteiger partial charge in [0.05, 0.1) is 24.7 Å². The van der Waals surface area contributed by atoms with Gasteiger partial charge in [-0.3, -0.25) is 16.0 Å². The number of nitro benzene ring substituents is 1. The van der Waals surface area contributed by atoms with Gasteiger partial charge >= 0.3 is 0 Å². The van der Waals surface area contributed by atoms with Crippen LogP contribution in [0.5, 0.6) is 0 Å². The SMILES string of the molecule is CCCOCCOCc1ccc(NN)c([N+](=O)[O-])c1. The van der Waals surface area contributed by atoms with E-state index in [1.165, 1.54) is 6.07 Å². The maximum Gasteiger partial charge on any atom is 0.294 e. The van der Waals surface area contributed by atoms with Crippen molar-refractivity contribution < 1.29 is 14.4 Å². The number of nitrogens with one attached hydrogen (secondary N) is 1. The largest absolute Gasteiger partial charge is 0.379 e. The van der Waals surface area contributed by atoms with Crippen LogP contribution < -0.4 is 11.3 Å². The van der Waals surface area contributed by atoms with Gasteiger partial charge in [0.2, 0.25) is 0 Å². The van der Waals surface area contributed by atoms with E-state index in [4.69, 9.17) is 15.3 Å². The lowest BCUT2D eigenvalue weighted by Crippen LogP contribution is -2.09. The first-order valence-corrected chi connectivity index (χ1v) is 6.08. The summed E-state index contributed by atoms with van der Waals surface area (Å²) < 4.78 is 10.6. The number of rotatable bonds is 9. The van der Waals surface area contributed by atoms with Crippen molar-refractivity contribution in [1.82, 2.24) is 0 Å². The molecule has 7 heteroatoms. The van der Waals surface area contributed by atoms with Gasteiger partial charge in [0.15, 0.2) is 0 Å². The molecular formula is C12H19N3O4. The molecule has 0 saturated heterocycles. The van der Waals surface area contributed by atoms with Crippen LogP contribution in [0.4, 0.5) is 11.4 Å². The highest BCUT2D eigenvalue weighted by Gasteiger charge is 2.13. The lowest BCUT2D eigenvalue weighted by molar-refractivity contribution is -0.384. The average molecular weight is 269 g/mol. The third kappa shape index (κ3) is 5.21. The van der Waals surface area contributed by atoms with E-state index >= 15 is 0 Å². The van der Waals surface area contributed by atoms with Gasteiger partial charge in [-0.25, -0.2) is 0 Å². The molecule has 0 fully saturated rings. The van der Waals surface area contributed by atoms with Crippen LogP contribution in [0.1, 0.15) is 18.9 Å².